The molecule has 0 spiro atoms. The molecule has 2 N–H and O–H groups in total. The molecule has 0 unspecified atom stereocenters. The summed E-state index contributed by atoms with van der Waals surface area (Å²) in [5.41, 5.74) is 9.39. The molecule has 3 heterocycles. The van der Waals surface area contributed by atoms with Crippen LogP contribution in [-0.4, -0.2) is 64.9 Å². The highest BCUT2D eigenvalue weighted by Crippen LogP contribution is 2.41. The van der Waals surface area contributed by atoms with Crippen LogP contribution in [0.5, 0.6) is 0 Å². The summed E-state index contributed by atoms with van der Waals surface area (Å²) in [6, 6.07) is 16.3. The predicted molar refractivity (Wildman–Crippen MR) is 143 cm³/mol. The smallest absolute Gasteiger partial charge is 0.239 e. The average Bonchev–Trinajstić information content (AvgIpc) is 3.26. The van der Waals surface area contributed by atoms with Crippen LogP contribution in [0.4, 0.5) is 0 Å². The minimum Gasteiger partial charge on any atom is -0.341 e. The lowest BCUT2D eigenvalue weighted by atomic mass is 9.70. The first kappa shape index (κ1) is 28.1. The van der Waals surface area contributed by atoms with Crippen molar-refractivity contribution in [2.45, 2.75) is 43.6 Å². The molecule has 0 bridgehead atoms. The molecule has 3 aromatic rings. The van der Waals surface area contributed by atoms with E-state index in [-0.39, 0.29) is 36.1 Å². The number of hydrogen-bond donors (Lipinski definition) is 1. The van der Waals surface area contributed by atoms with Crippen molar-refractivity contribution in [2.75, 3.05) is 33.7 Å². The van der Waals surface area contributed by atoms with Gasteiger partial charge in [-0.2, -0.15) is 0 Å². The number of imidazole rings is 1. The Bertz CT molecular complexity index is 999. The number of nitrogens with two attached hydrogens (primary N) is 1. The molecule has 6 nitrogen and oxygen atoms in total. The topological polar surface area (TPSA) is 66.9 Å². The van der Waals surface area contributed by atoms with Crippen molar-refractivity contribution in [1.29, 1.82) is 0 Å². The Morgan fingerprint density at radius 2 is 1.74 bits per heavy atom. The van der Waals surface area contributed by atoms with Crippen LogP contribution in [0.25, 0.3) is 5.65 Å². The highest BCUT2D eigenvalue weighted by Gasteiger charge is 2.41. The number of benzene rings is 1. The maximum atomic E-state index is 13.0. The Hall–Kier alpha value is -2.12. The highest BCUT2D eigenvalue weighted by atomic mass is 35.5. The van der Waals surface area contributed by atoms with E-state index in [4.69, 9.17) is 10.7 Å². The number of carbonyl (C=O) groups excluding carboxylic acids is 1. The molecule has 1 aliphatic rings. The molecule has 2 aromatic heterocycles. The van der Waals surface area contributed by atoms with Gasteiger partial charge < -0.3 is 19.9 Å². The van der Waals surface area contributed by atoms with E-state index in [0.29, 0.717) is 13.1 Å². The third kappa shape index (κ3) is 6.11. The van der Waals surface area contributed by atoms with Crippen molar-refractivity contribution in [2.24, 2.45) is 5.73 Å². The fourth-order valence-corrected chi connectivity index (χ4v) is 4.87. The van der Waals surface area contributed by atoms with Crippen LogP contribution in [0.15, 0.2) is 60.9 Å². The van der Waals surface area contributed by atoms with Crippen LogP contribution >= 0.6 is 24.8 Å². The number of carbonyl (C=O) groups is 1. The zero-order valence-corrected chi connectivity index (χ0v) is 21.7. The molecule has 1 atom stereocenters. The Labute approximate surface area is 215 Å². The fraction of sp³-hybridized carbons (Fsp3) is 0.462. The maximum absolute atomic E-state index is 13.0. The van der Waals surface area contributed by atoms with Crippen molar-refractivity contribution in [3.63, 3.8) is 0 Å². The molecule has 4 rings (SSSR count). The number of halogens is 2. The van der Waals surface area contributed by atoms with Crippen LogP contribution in [0.3, 0.4) is 0 Å². The molecule has 34 heavy (non-hydrogen) atoms. The molecular weight excluding hydrogens is 469 g/mol. The standard InChI is InChI=1S/C26H35N5O.2ClH/c1-29(2)16-8-6-12-22(27)25(32)30-18-14-26(15-19-30,21-10-4-3-5-11-21)23-20-31-17-9-7-13-24(31)28-23;;/h3-5,7,9-11,13,17,20,22H,6,8,12,14-16,18-19,27H2,1-2H3;2*1H/t22-;;/m0../s1. The number of likely N-dealkylation sites (tertiary alicyclic amines) is 1. The van der Waals surface area contributed by atoms with E-state index in [1.54, 1.807) is 0 Å². The van der Waals surface area contributed by atoms with Crippen LogP contribution < -0.4 is 5.73 Å². The minimum absolute atomic E-state index is 0. The van der Waals surface area contributed by atoms with Gasteiger partial charge in [-0.1, -0.05) is 42.8 Å². The van der Waals surface area contributed by atoms with E-state index in [1.807, 2.05) is 29.3 Å². The van der Waals surface area contributed by atoms with Crippen molar-refractivity contribution < 1.29 is 4.79 Å². The number of hydrogen-bond acceptors (Lipinski definition) is 4. The van der Waals surface area contributed by atoms with Crippen molar-refractivity contribution in [1.82, 2.24) is 19.2 Å². The van der Waals surface area contributed by atoms with Gasteiger partial charge in [0.1, 0.15) is 5.65 Å². The number of unbranched alkanes of at least 4 members (excludes halogenated alkanes) is 1. The zero-order valence-electron chi connectivity index (χ0n) is 20.1. The van der Waals surface area contributed by atoms with Gasteiger partial charge in [-0.3, -0.25) is 4.79 Å². The Morgan fingerprint density at radius 1 is 1.06 bits per heavy atom. The average molecular weight is 507 g/mol. The van der Waals surface area contributed by atoms with E-state index < -0.39 is 6.04 Å². The number of pyridine rings is 1. The largest absolute Gasteiger partial charge is 0.341 e. The molecule has 0 saturated carbocycles. The number of piperidine rings is 1. The number of amides is 1. The van der Waals surface area contributed by atoms with Gasteiger partial charge in [0.15, 0.2) is 0 Å². The van der Waals surface area contributed by atoms with Crippen molar-refractivity contribution in [3.05, 3.63) is 72.2 Å². The van der Waals surface area contributed by atoms with Gasteiger partial charge in [0.25, 0.3) is 0 Å². The normalized spacial score (nSPS) is 16.1. The molecule has 0 aliphatic carbocycles. The first-order chi connectivity index (χ1) is 15.5. The molecule has 0 radical (unpaired) electrons. The SMILES string of the molecule is CN(C)CCCC[C@H](N)C(=O)N1CCC(c2ccccc2)(c2cn3ccccc3n2)CC1.Cl.Cl. The van der Waals surface area contributed by atoms with E-state index in [9.17, 15) is 4.79 Å². The van der Waals surface area contributed by atoms with E-state index in [0.717, 1.165) is 50.0 Å². The van der Waals surface area contributed by atoms with Crippen LogP contribution in [0.1, 0.15) is 43.4 Å². The molecule has 186 valence electrons. The lowest BCUT2D eigenvalue weighted by Gasteiger charge is -2.42. The zero-order chi connectivity index (χ0) is 22.6. The first-order valence-electron chi connectivity index (χ1n) is 11.7. The Balaban J connectivity index is 0.00000204. The molecule has 1 saturated heterocycles. The second kappa shape index (κ2) is 12.5. The van der Waals surface area contributed by atoms with E-state index >= 15 is 0 Å². The van der Waals surface area contributed by atoms with Gasteiger partial charge in [0.05, 0.1) is 11.7 Å². The van der Waals surface area contributed by atoms with Gasteiger partial charge in [-0.25, -0.2) is 4.98 Å². The second-order valence-corrected chi connectivity index (χ2v) is 9.27. The molecule has 1 fully saturated rings. The summed E-state index contributed by atoms with van der Waals surface area (Å²) in [6.45, 7) is 2.43. The molecule has 1 aromatic carbocycles. The van der Waals surface area contributed by atoms with Gasteiger partial charge in [0.2, 0.25) is 5.91 Å². The number of rotatable bonds is 8. The summed E-state index contributed by atoms with van der Waals surface area (Å²) < 4.78 is 2.08. The highest BCUT2D eigenvalue weighted by molar-refractivity contribution is 5.85. The number of aromatic nitrogens is 2. The lowest BCUT2D eigenvalue weighted by Crippen LogP contribution is -2.50. The van der Waals surface area contributed by atoms with Crippen LogP contribution in [0, 0.1) is 0 Å². The van der Waals surface area contributed by atoms with Gasteiger partial charge >= 0.3 is 0 Å². The predicted octanol–water partition coefficient (Wildman–Crippen LogP) is 4.15. The summed E-state index contributed by atoms with van der Waals surface area (Å²) in [6.07, 6.45) is 8.68. The lowest BCUT2D eigenvalue weighted by molar-refractivity contribution is -0.134. The quantitative estimate of drug-likeness (QED) is 0.467. The second-order valence-electron chi connectivity index (χ2n) is 9.27. The summed E-state index contributed by atoms with van der Waals surface area (Å²) in [4.78, 5) is 22.1. The van der Waals surface area contributed by atoms with E-state index in [1.165, 1.54) is 5.56 Å². The third-order valence-electron chi connectivity index (χ3n) is 6.80. The Kier molecular flexibility index (Phi) is 10.4. The van der Waals surface area contributed by atoms with Crippen LogP contribution in [-0.2, 0) is 10.2 Å². The summed E-state index contributed by atoms with van der Waals surface area (Å²) in [5, 5.41) is 0. The van der Waals surface area contributed by atoms with Gasteiger partial charge in [-0.15, -0.1) is 24.8 Å². The maximum Gasteiger partial charge on any atom is 0.239 e. The monoisotopic (exact) mass is 505 g/mol. The summed E-state index contributed by atoms with van der Waals surface area (Å²) >= 11 is 0. The molecule has 1 amide bonds. The third-order valence-corrected chi connectivity index (χ3v) is 6.80. The minimum atomic E-state index is -0.406. The first-order valence-corrected chi connectivity index (χ1v) is 11.7. The fourth-order valence-electron chi connectivity index (χ4n) is 4.87. The molecular formula is C26H37Cl2N5O. The number of fused-ring (bicyclic) bond motifs is 1. The van der Waals surface area contributed by atoms with Gasteiger partial charge in [-0.05, 0) is 64.0 Å². The van der Waals surface area contributed by atoms with Crippen LogP contribution in [0.2, 0.25) is 0 Å². The Morgan fingerprint density at radius 3 is 2.38 bits per heavy atom. The van der Waals surface area contributed by atoms with Crippen molar-refractivity contribution in [3.8, 4) is 0 Å². The van der Waals surface area contributed by atoms with Gasteiger partial charge in [0, 0.05) is 30.9 Å². The van der Waals surface area contributed by atoms with Crippen molar-refractivity contribution >= 4 is 36.4 Å². The van der Waals surface area contributed by atoms with E-state index in [2.05, 4.69) is 59.9 Å². The summed E-state index contributed by atoms with van der Waals surface area (Å²) in [7, 11) is 4.14. The summed E-state index contributed by atoms with van der Waals surface area (Å²) in [5.74, 6) is 0.0894. The molecule has 1 aliphatic heterocycles. The number of nitrogens with zero attached hydrogens (tertiary/aromatic N) is 4. The molecule has 8 heteroatoms.